The second kappa shape index (κ2) is 5.76. The lowest BCUT2D eigenvalue weighted by molar-refractivity contribution is 0.266. The minimum Gasteiger partial charge on any atom is -0.493 e. The number of hydrogen-bond acceptors (Lipinski definition) is 2. The predicted molar refractivity (Wildman–Crippen MR) is 62.3 cm³/mol. The fourth-order valence-corrected chi connectivity index (χ4v) is 1.28. The topological polar surface area (TPSA) is 29.5 Å². The molecule has 1 atom stereocenters. The van der Waals surface area contributed by atoms with E-state index in [1.54, 1.807) is 0 Å². The molecule has 1 rings (SSSR count). The Balaban J connectivity index is 2.65. The van der Waals surface area contributed by atoms with Crippen molar-refractivity contribution in [1.82, 2.24) is 0 Å². The fraction of sp³-hybridized carbons (Fsp3) is 0.538. The minimum atomic E-state index is 0.174. The highest BCUT2D eigenvalue weighted by Crippen LogP contribution is 2.20. The predicted octanol–water partition coefficient (Wildman–Crippen LogP) is 2.82. The van der Waals surface area contributed by atoms with E-state index in [4.69, 9.17) is 9.84 Å². The van der Waals surface area contributed by atoms with Gasteiger partial charge in [-0.2, -0.15) is 0 Å². The van der Waals surface area contributed by atoms with Gasteiger partial charge in [-0.15, -0.1) is 0 Å². The van der Waals surface area contributed by atoms with Crippen LogP contribution in [0.25, 0.3) is 0 Å². The van der Waals surface area contributed by atoms with Gasteiger partial charge in [-0.05, 0) is 23.6 Å². The van der Waals surface area contributed by atoms with Gasteiger partial charge in [0.15, 0.2) is 0 Å². The van der Waals surface area contributed by atoms with E-state index in [-0.39, 0.29) is 12.5 Å². The molecular weight excluding hydrogens is 188 g/mol. The molecule has 0 aliphatic carbocycles. The van der Waals surface area contributed by atoms with Crippen LogP contribution in [0.5, 0.6) is 5.75 Å². The summed E-state index contributed by atoms with van der Waals surface area (Å²) < 4.78 is 5.62. The Labute approximate surface area is 91.9 Å². The zero-order valence-electron chi connectivity index (χ0n) is 9.73. The maximum absolute atomic E-state index is 9.06. The molecule has 0 aliphatic rings. The van der Waals surface area contributed by atoms with Crippen LogP contribution in [0.4, 0.5) is 0 Å². The van der Waals surface area contributed by atoms with Crippen LogP contribution < -0.4 is 4.74 Å². The number of hydrogen-bond donors (Lipinski definition) is 1. The normalized spacial score (nSPS) is 12.9. The second-order valence-corrected chi connectivity index (χ2v) is 4.36. The first-order chi connectivity index (χ1) is 7.13. The van der Waals surface area contributed by atoms with Crippen molar-refractivity contribution in [2.45, 2.75) is 26.7 Å². The summed E-state index contributed by atoms with van der Waals surface area (Å²) in [6.07, 6.45) is 0. The van der Waals surface area contributed by atoms with E-state index in [2.05, 4.69) is 13.8 Å². The fourth-order valence-electron chi connectivity index (χ4n) is 1.28. The average Bonchev–Trinajstić information content (AvgIpc) is 2.25. The molecule has 1 aromatic rings. The van der Waals surface area contributed by atoms with Gasteiger partial charge >= 0.3 is 0 Å². The number of aliphatic hydroxyl groups is 1. The zero-order chi connectivity index (χ0) is 11.3. The first kappa shape index (κ1) is 12.1. The number of rotatable bonds is 5. The summed E-state index contributed by atoms with van der Waals surface area (Å²) in [5.74, 6) is 1.60. The van der Waals surface area contributed by atoms with Crippen LogP contribution in [0.2, 0.25) is 0 Å². The molecule has 0 bridgehead atoms. The van der Waals surface area contributed by atoms with E-state index < -0.39 is 0 Å². The molecule has 1 unspecified atom stereocenters. The molecule has 1 aromatic carbocycles. The summed E-state index contributed by atoms with van der Waals surface area (Å²) in [6, 6.07) is 7.94. The van der Waals surface area contributed by atoms with Crippen LogP contribution in [0, 0.1) is 5.92 Å². The Kier molecular flexibility index (Phi) is 4.63. The minimum absolute atomic E-state index is 0.174. The van der Waals surface area contributed by atoms with E-state index in [1.807, 2.05) is 31.2 Å². The summed E-state index contributed by atoms with van der Waals surface area (Å²) in [5.41, 5.74) is 1.12. The third kappa shape index (κ3) is 3.92. The average molecular weight is 208 g/mol. The summed E-state index contributed by atoms with van der Waals surface area (Å²) in [7, 11) is 0. The van der Waals surface area contributed by atoms with Crippen LogP contribution >= 0.6 is 0 Å². The molecule has 1 N–H and O–H groups in total. The zero-order valence-corrected chi connectivity index (χ0v) is 9.73. The lowest BCUT2D eigenvalue weighted by Crippen LogP contribution is -2.05. The van der Waals surface area contributed by atoms with Crippen molar-refractivity contribution < 1.29 is 9.84 Å². The highest BCUT2D eigenvalue weighted by atomic mass is 16.5. The van der Waals surface area contributed by atoms with Crippen LogP contribution in [0.1, 0.15) is 32.3 Å². The van der Waals surface area contributed by atoms with Gasteiger partial charge in [0.25, 0.3) is 0 Å². The summed E-state index contributed by atoms with van der Waals surface area (Å²) in [4.78, 5) is 0. The SMILES string of the molecule is CC(C)COc1cccc(C(C)CO)c1. The molecular formula is C13H20O2. The van der Waals surface area contributed by atoms with Gasteiger partial charge in [0.1, 0.15) is 5.75 Å². The lowest BCUT2D eigenvalue weighted by Gasteiger charge is -2.12. The summed E-state index contributed by atoms with van der Waals surface area (Å²) in [6.45, 7) is 7.16. The molecule has 0 saturated carbocycles. The quantitative estimate of drug-likeness (QED) is 0.806. The van der Waals surface area contributed by atoms with E-state index in [0.717, 1.165) is 17.9 Å². The molecule has 2 nitrogen and oxygen atoms in total. The van der Waals surface area contributed by atoms with Crippen molar-refractivity contribution in [2.75, 3.05) is 13.2 Å². The van der Waals surface area contributed by atoms with E-state index in [1.165, 1.54) is 0 Å². The molecule has 0 fully saturated rings. The largest absolute Gasteiger partial charge is 0.493 e. The monoisotopic (exact) mass is 208 g/mol. The maximum atomic E-state index is 9.06. The Morgan fingerprint density at radius 1 is 1.27 bits per heavy atom. The van der Waals surface area contributed by atoms with Gasteiger partial charge in [-0.25, -0.2) is 0 Å². The third-order valence-electron chi connectivity index (χ3n) is 2.28. The van der Waals surface area contributed by atoms with E-state index >= 15 is 0 Å². The van der Waals surface area contributed by atoms with Crippen molar-refractivity contribution in [2.24, 2.45) is 5.92 Å². The van der Waals surface area contributed by atoms with E-state index in [9.17, 15) is 0 Å². The first-order valence-electron chi connectivity index (χ1n) is 5.47. The Bertz CT molecular complexity index is 294. The molecule has 2 heteroatoms. The number of benzene rings is 1. The molecule has 0 saturated heterocycles. The molecule has 0 aliphatic heterocycles. The van der Waals surface area contributed by atoms with E-state index in [0.29, 0.717) is 5.92 Å². The Hall–Kier alpha value is -1.02. The van der Waals surface area contributed by atoms with Gasteiger partial charge in [0.2, 0.25) is 0 Å². The van der Waals surface area contributed by atoms with Crippen LogP contribution in [0.3, 0.4) is 0 Å². The third-order valence-corrected chi connectivity index (χ3v) is 2.28. The van der Waals surface area contributed by atoms with Crippen molar-refractivity contribution in [1.29, 1.82) is 0 Å². The summed E-state index contributed by atoms with van der Waals surface area (Å²) in [5, 5.41) is 9.06. The molecule has 15 heavy (non-hydrogen) atoms. The Morgan fingerprint density at radius 3 is 2.60 bits per heavy atom. The molecule has 0 aromatic heterocycles. The molecule has 0 radical (unpaired) electrons. The first-order valence-corrected chi connectivity index (χ1v) is 5.47. The van der Waals surface area contributed by atoms with Crippen molar-refractivity contribution in [3.05, 3.63) is 29.8 Å². The van der Waals surface area contributed by atoms with Gasteiger partial charge in [-0.3, -0.25) is 0 Å². The van der Waals surface area contributed by atoms with Crippen molar-refractivity contribution >= 4 is 0 Å². The number of ether oxygens (including phenoxy) is 1. The molecule has 0 spiro atoms. The second-order valence-electron chi connectivity index (χ2n) is 4.36. The molecule has 0 amide bonds. The maximum Gasteiger partial charge on any atom is 0.119 e. The van der Waals surface area contributed by atoms with Crippen molar-refractivity contribution in [3.63, 3.8) is 0 Å². The summed E-state index contributed by atoms with van der Waals surface area (Å²) >= 11 is 0. The number of aliphatic hydroxyl groups excluding tert-OH is 1. The molecule has 84 valence electrons. The lowest BCUT2D eigenvalue weighted by atomic mass is 10.0. The van der Waals surface area contributed by atoms with Gasteiger partial charge < -0.3 is 9.84 Å². The van der Waals surface area contributed by atoms with Crippen molar-refractivity contribution in [3.8, 4) is 5.75 Å². The van der Waals surface area contributed by atoms with Gasteiger partial charge in [0.05, 0.1) is 6.61 Å². The standard InChI is InChI=1S/C13H20O2/c1-10(2)9-15-13-6-4-5-12(7-13)11(3)8-14/h4-7,10-11,14H,8-9H2,1-3H3. The van der Waals surface area contributed by atoms with Crippen LogP contribution in [0.15, 0.2) is 24.3 Å². The smallest absolute Gasteiger partial charge is 0.119 e. The van der Waals surface area contributed by atoms with Gasteiger partial charge in [-0.1, -0.05) is 32.9 Å². The van der Waals surface area contributed by atoms with Crippen LogP contribution in [-0.2, 0) is 0 Å². The van der Waals surface area contributed by atoms with Crippen LogP contribution in [-0.4, -0.2) is 18.3 Å². The van der Waals surface area contributed by atoms with Gasteiger partial charge in [0, 0.05) is 12.5 Å². The highest BCUT2D eigenvalue weighted by Gasteiger charge is 2.05. The highest BCUT2D eigenvalue weighted by molar-refractivity contribution is 5.30. The Morgan fingerprint density at radius 2 is 2.00 bits per heavy atom. The molecule has 0 heterocycles.